The zero-order valence-corrected chi connectivity index (χ0v) is 11.0. The van der Waals surface area contributed by atoms with Crippen LogP contribution in [0, 0.1) is 0 Å². The third-order valence-corrected chi connectivity index (χ3v) is 1.94. The van der Waals surface area contributed by atoms with Gasteiger partial charge in [-0.3, -0.25) is 4.57 Å². The number of hydrogen-bond acceptors (Lipinski definition) is 4. The van der Waals surface area contributed by atoms with Gasteiger partial charge in [-0.05, 0) is 32.4 Å². The second-order valence-corrected chi connectivity index (χ2v) is 4.62. The minimum absolute atomic E-state index is 0. The summed E-state index contributed by atoms with van der Waals surface area (Å²) in [7, 11) is 0. The van der Waals surface area contributed by atoms with Gasteiger partial charge in [0.2, 0.25) is 0 Å². The van der Waals surface area contributed by atoms with Crippen LogP contribution in [0.5, 0.6) is 0 Å². The lowest BCUT2D eigenvalue weighted by Crippen LogP contribution is -2.26. The summed E-state index contributed by atoms with van der Waals surface area (Å²) >= 11 is 0. The summed E-state index contributed by atoms with van der Waals surface area (Å²) in [6, 6.07) is 1.22. The van der Waals surface area contributed by atoms with Crippen LogP contribution in [0.25, 0.3) is 0 Å². The average molecular weight is 263 g/mol. The lowest BCUT2D eigenvalue weighted by atomic mass is 10.2. The van der Waals surface area contributed by atoms with Crippen molar-refractivity contribution in [1.82, 2.24) is 4.57 Å². The van der Waals surface area contributed by atoms with Crippen molar-refractivity contribution >= 4 is 18.5 Å². The fourth-order valence-electron chi connectivity index (χ4n) is 1.17. The van der Waals surface area contributed by atoms with Gasteiger partial charge in [-0.1, -0.05) is 0 Å². The van der Waals surface area contributed by atoms with Gasteiger partial charge in [0.1, 0.15) is 5.60 Å². The van der Waals surface area contributed by atoms with Gasteiger partial charge >= 0.3 is 6.09 Å². The van der Waals surface area contributed by atoms with E-state index in [0.29, 0.717) is 5.56 Å². The Morgan fingerprint density at radius 2 is 2.18 bits per heavy atom. The molecule has 1 atom stereocenters. The average Bonchev–Trinajstić information content (AvgIpc) is 2.62. The summed E-state index contributed by atoms with van der Waals surface area (Å²) in [5.41, 5.74) is 5.79. The first-order valence-corrected chi connectivity index (χ1v) is 5.11. The van der Waals surface area contributed by atoms with Gasteiger partial charge in [-0.25, -0.2) is 4.79 Å². The van der Waals surface area contributed by atoms with Crippen molar-refractivity contribution in [2.75, 3.05) is 6.61 Å². The van der Waals surface area contributed by atoms with Crippen LogP contribution < -0.4 is 5.73 Å². The predicted octanol–water partition coefficient (Wildman–Crippen LogP) is 1.69. The molecule has 0 aliphatic heterocycles. The fourth-order valence-corrected chi connectivity index (χ4v) is 1.17. The number of halogens is 1. The number of aromatic nitrogens is 1. The number of aliphatic hydroxyl groups is 1. The maximum absolute atomic E-state index is 11.6. The molecule has 6 heteroatoms. The maximum atomic E-state index is 11.6. The van der Waals surface area contributed by atoms with Crippen LogP contribution in [0.4, 0.5) is 4.79 Å². The zero-order valence-electron chi connectivity index (χ0n) is 10.2. The molecule has 0 aliphatic carbocycles. The lowest BCUT2D eigenvalue weighted by Gasteiger charge is -2.19. The van der Waals surface area contributed by atoms with Gasteiger partial charge in [0.25, 0.3) is 0 Å². The van der Waals surface area contributed by atoms with Gasteiger partial charge in [-0.2, -0.15) is 0 Å². The van der Waals surface area contributed by atoms with Crippen molar-refractivity contribution in [3.8, 4) is 0 Å². The van der Waals surface area contributed by atoms with E-state index < -0.39 is 17.7 Å². The number of ether oxygens (including phenoxy) is 1. The van der Waals surface area contributed by atoms with E-state index in [0.717, 1.165) is 0 Å². The Morgan fingerprint density at radius 1 is 1.59 bits per heavy atom. The molecule has 0 unspecified atom stereocenters. The molecule has 1 heterocycles. The standard InChI is InChI=1S/C11H18N2O3.ClH/c1-11(2,3)16-10(15)13-5-4-8(6-13)9(12)7-14;/h4-6,9,14H,7,12H2,1-3H3;1H/t9-;/m1./s1. The highest BCUT2D eigenvalue weighted by molar-refractivity contribution is 5.85. The van der Waals surface area contributed by atoms with Crippen molar-refractivity contribution in [3.63, 3.8) is 0 Å². The highest BCUT2D eigenvalue weighted by Gasteiger charge is 2.18. The van der Waals surface area contributed by atoms with E-state index in [4.69, 9.17) is 15.6 Å². The number of carbonyl (C=O) groups is 1. The van der Waals surface area contributed by atoms with Gasteiger partial charge in [0.15, 0.2) is 0 Å². The van der Waals surface area contributed by atoms with Gasteiger partial charge in [0.05, 0.1) is 12.6 Å². The van der Waals surface area contributed by atoms with Gasteiger partial charge in [0, 0.05) is 12.4 Å². The van der Waals surface area contributed by atoms with Crippen molar-refractivity contribution in [2.24, 2.45) is 5.73 Å². The molecule has 5 nitrogen and oxygen atoms in total. The minimum atomic E-state index is -0.527. The van der Waals surface area contributed by atoms with E-state index in [1.807, 2.05) is 0 Å². The quantitative estimate of drug-likeness (QED) is 0.850. The molecule has 1 aromatic heterocycles. The van der Waals surface area contributed by atoms with E-state index in [9.17, 15) is 4.79 Å². The Bertz CT molecular complexity index is 371. The highest BCUT2D eigenvalue weighted by Crippen LogP contribution is 2.13. The van der Waals surface area contributed by atoms with Crippen LogP contribution in [0.1, 0.15) is 32.4 Å². The Labute approximate surface area is 107 Å². The van der Waals surface area contributed by atoms with E-state index in [1.165, 1.54) is 4.57 Å². The van der Waals surface area contributed by atoms with Crippen molar-refractivity contribution in [3.05, 3.63) is 24.0 Å². The molecule has 0 aromatic carbocycles. The predicted molar refractivity (Wildman–Crippen MR) is 67.3 cm³/mol. The fraction of sp³-hybridized carbons (Fsp3) is 0.545. The first-order chi connectivity index (χ1) is 7.33. The molecule has 1 rings (SSSR count). The van der Waals surface area contributed by atoms with Crippen LogP contribution in [0.2, 0.25) is 0 Å². The van der Waals surface area contributed by atoms with Crippen LogP contribution in [0.3, 0.4) is 0 Å². The summed E-state index contributed by atoms with van der Waals surface area (Å²) in [5, 5.41) is 8.87. The van der Waals surface area contributed by atoms with E-state index >= 15 is 0 Å². The molecule has 0 amide bonds. The molecule has 0 spiro atoms. The summed E-state index contributed by atoms with van der Waals surface area (Å²) in [6.07, 6.45) is 2.68. The largest absolute Gasteiger partial charge is 0.443 e. The number of nitrogens with two attached hydrogens (primary N) is 1. The van der Waals surface area contributed by atoms with Crippen LogP contribution in [-0.4, -0.2) is 28.0 Å². The van der Waals surface area contributed by atoms with Crippen molar-refractivity contribution in [2.45, 2.75) is 32.4 Å². The third-order valence-electron chi connectivity index (χ3n) is 1.94. The van der Waals surface area contributed by atoms with E-state index in [1.54, 1.807) is 39.2 Å². The topological polar surface area (TPSA) is 77.5 Å². The highest BCUT2D eigenvalue weighted by atomic mass is 35.5. The summed E-state index contributed by atoms with van der Waals surface area (Å²) < 4.78 is 6.49. The molecular weight excluding hydrogens is 244 g/mol. The van der Waals surface area contributed by atoms with Crippen LogP contribution in [0.15, 0.2) is 18.5 Å². The Morgan fingerprint density at radius 3 is 2.65 bits per heavy atom. The van der Waals surface area contributed by atoms with Crippen molar-refractivity contribution < 1.29 is 14.6 Å². The third kappa shape index (κ3) is 4.77. The molecule has 0 fully saturated rings. The lowest BCUT2D eigenvalue weighted by molar-refractivity contribution is 0.0537. The van der Waals surface area contributed by atoms with E-state index in [-0.39, 0.29) is 19.0 Å². The number of rotatable bonds is 2. The molecule has 3 N–H and O–H groups in total. The van der Waals surface area contributed by atoms with Gasteiger partial charge < -0.3 is 15.6 Å². The summed E-state index contributed by atoms with van der Waals surface area (Å²) in [4.78, 5) is 11.6. The second-order valence-electron chi connectivity index (χ2n) is 4.62. The van der Waals surface area contributed by atoms with Crippen molar-refractivity contribution in [1.29, 1.82) is 0 Å². The summed E-state index contributed by atoms with van der Waals surface area (Å²) in [5.74, 6) is 0. The zero-order chi connectivity index (χ0) is 12.3. The molecule has 0 aliphatic rings. The molecule has 0 saturated heterocycles. The number of nitrogens with zero attached hydrogens (tertiary/aromatic N) is 1. The van der Waals surface area contributed by atoms with Gasteiger partial charge in [-0.15, -0.1) is 12.4 Å². The number of carbonyl (C=O) groups excluding carboxylic acids is 1. The first kappa shape index (κ1) is 16.0. The molecule has 1 aromatic rings. The smallest absolute Gasteiger partial charge is 0.418 e. The maximum Gasteiger partial charge on any atom is 0.418 e. The molecule has 98 valence electrons. The normalized spacial score (nSPS) is 12.8. The number of aliphatic hydroxyl groups excluding tert-OH is 1. The molecule has 0 radical (unpaired) electrons. The SMILES string of the molecule is CC(C)(C)OC(=O)n1ccc([C@H](N)CO)c1.Cl. The molecular formula is C11H19ClN2O3. The second kappa shape index (κ2) is 6.05. The Kier molecular flexibility index (Phi) is 5.68. The molecule has 17 heavy (non-hydrogen) atoms. The minimum Gasteiger partial charge on any atom is -0.443 e. The number of hydrogen-bond donors (Lipinski definition) is 2. The first-order valence-electron chi connectivity index (χ1n) is 5.11. The summed E-state index contributed by atoms with van der Waals surface area (Å²) in [6.45, 7) is 5.25. The molecule has 0 saturated carbocycles. The van der Waals surface area contributed by atoms with E-state index in [2.05, 4.69) is 0 Å². The van der Waals surface area contributed by atoms with Crippen LogP contribution >= 0.6 is 12.4 Å². The monoisotopic (exact) mass is 262 g/mol. The molecule has 0 bridgehead atoms. The Hall–Kier alpha value is -1.04. The Balaban J connectivity index is 0.00000256. The van der Waals surface area contributed by atoms with Crippen LogP contribution in [-0.2, 0) is 4.74 Å².